The number of amides is 1. The Morgan fingerprint density at radius 2 is 1.93 bits per heavy atom. The lowest BCUT2D eigenvalue weighted by Crippen LogP contribution is -2.13. The van der Waals surface area contributed by atoms with Crippen molar-refractivity contribution in [2.75, 3.05) is 5.32 Å². The van der Waals surface area contributed by atoms with Gasteiger partial charge in [-0.15, -0.1) is 11.3 Å². The summed E-state index contributed by atoms with van der Waals surface area (Å²) < 4.78 is 35.3. The molecule has 8 heteroatoms. The van der Waals surface area contributed by atoms with Crippen LogP contribution < -0.4 is 14.8 Å². The predicted octanol–water partition coefficient (Wildman–Crippen LogP) is 6.14. The molecule has 0 atom stereocenters. The Balaban J connectivity index is 1.65. The van der Waals surface area contributed by atoms with Gasteiger partial charge in [0, 0.05) is 10.6 Å². The van der Waals surface area contributed by atoms with Crippen LogP contribution in [0, 0.1) is 6.92 Å². The minimum Gasteiger partial charge on any atom is -0.489 e. The van der Waals surface area contributed by atoms with E-state index in [9.17, 15) is 13.6 Å². The smallest absolute Gasteiger partial charge is 0.387 e. The molecule has 0 aliphatic heterocycles. The van der Waals surface area contributed by atoms with Gasteiger partial charge in [-0.05, 0) is 60.3 Å². The van der Waals surface area contributed by atoms with E-state index in [0.717, 1.165) is 11.1 Å². The van der Waals surface area contributed by atoms with Gasteiger partial charge in [-0.1, -0.05) is 17.7 Å². The monoisotopic (exact) mass is 423 g/mol. The molecule has 0 saturated heterocycles. The summed E-state index contributed by atoms with van der Waals surface area (Å²) in [5.41, 5.74) is 1.74. The number of halogens is 3. The normalized spacial score (nSPS) is 10.8. The number of carbonyl (C=O) groups excluding carboxylic acids is 1. The Hall–Kier alpha value is -2.64. The second-order valence-electron chi connectivity index (χ2n) is 5.89. The van der Waals surface area contributed by atoms with Gasteiger partial charge in [0.15, 0.2) is 0 Å². The number of thiophene rings is 1. The third-order valence-electron chi connectivity index (χ3n) is 3.70. The Morgan fingerprint density at radius 3 is 2.64 bits per heavy atom. The molecule has 1 amide bonds. The van der Waals surface area contributed by atoms with E-state index in [1.807, 2.05) is 0 Å². The van der Waals surface area contributed by atoms with E-state index in [2.05, 4.69) is 10.1 Å². The fourth-order valence-electron chi connectivity index (χ4n) is 2.38. The number of alkyl halides is 2. The molecule has 0 bridgehead atoms. The SMILES string of the molecule is Cc1ccc(NC(=O)c2cc(COc3ccc(Cl)cc3)cs2)c(OC(F)F)c1. The van der Waals surface area contributed by atoms with Crippen LogP contribution in [0.3, 0.4) is 0 Å². The summed E-state index contributed by atoms with van der Waals surface area (Å²) in [6.07, 6.45) is 0. The number of benzene rings is 2. The number of aryl methyl sites for hydroxylation is 1. The van der Waals surface area contributed by atoms with Gasteiger partial charge in [0.05, 0.1) is 10.6 Å². The largest absolute Gasteiger partial charge is 0.489 e. The average Bonchev–Trinajstić information content (AvgIpc) is 3.12. The molecule has 0 saturated carbocycles. The predicted molar refractivity (Wildman–Crippen MR) is 106 cm³/mol. The highest BCUT2D eigenvalue weighted by molar-refractivity contribution is 7.12. The van der Waals surface area contributed by atoms with Crippen LogP contribution in [0.25, 0.3) is 0 Å². The van der Waals surface area contributed by atoms with Gasteiger partial charge in [-0.25, -0.2) is 0 Å². The summed E-state index contributed by atoms with van der Waals surface area (Å²) >= 11 is 7.07. The van der Waals surface area contributed by atoms with Crippen molar-refractivity contribution in [1.82, 2.24) is 0 Å². The molecule has 1 N–H and O–H groups in total. The zero-order valence-corrected chi connectivity index (χ0v) is 16.3. The van der Waals surface area contributed by atoms with Gasteiger partial charge in [0.1, 0.15) is 18.1 Å². The van der Waals surface area contributed by atoms with E-state index < -0.39 is 12.5 Å². The third-order valence-corrected chi connectivity index (χ3v) is 4.93. The molecule has 1 heterocycles. The molecule has 1 aromatic heterocycles. The van der Waals surface area contributed by atoms with Crippen LogP contribution in [-0.2, 0) is 6.61 Å². The van der Waals surface area contributed by atoms with E-state index in [-0.39, 0.29) is 18.0 Å². The highest BCUT2D eigenvalue weighted by Crippen LogP contribution is 2.28. The van der Waals surface area contributed by atoms with Crippen LogP contribution in [0.4, 0.5) is 14.5 Å². The van der Waals surface area contributed by atoms with Crippen LogP contribution in [0.2, 0.25) is 5.02 Å². The molecule has 0 unspecified atom stereocenters. The molecular weight excluding hydrogens is 408 g/mol. The number of ether oxygens (including phenoxy) is 2. The van der Waals surface area contributed by atoms with Crippen molar-refractivity contribution in [3.8, 4) is 11.5 Å². The second-order valence-corrected chi connectivity index (χ2v) is 7.24. The Labute approximate surface area is 169 Å². The molecule has 3 rings (SSSR count). The fourth-order valence-corrected chi connectivity index (χ4v) is 3.30. The molecule has 146 valence electrons. The van der Waals surface area contributed by atoms with Crippen LogP contribution in [-0.4, -0.2) is 12.5 Å². The molecule has 0 spiro atoms. The maximum Gasteiger partial charge on any atom is 0.387 e. The first kappa shape index (κ1) is 20.1. The van der Waals surface area contributed by atoms with E-state index in [1.165, 1.54) is 23.5 Å². The summed E-state index contributed by atoms with van der Waals surface area (Å²) in [4.78, 5) is 12.9. The first-order chi connectivity index (χ1) is 13.4. The van der Waals surface area contributed by atoms with Crippen molar-refractivity contribution in [1.29, 1.82) is 0 Å². The Bertz CT molecular complexity index is 960. The fraction of sp³-hybridized carbons (Fsp3) is 0.150. The van der Waals surface area contributed by atoms with Crippen LogP contribution in [0.1, 0.15) is 20.8 Å². The first-order valence-corrected chi connectivity index (χ1v) is 9.49. The lowest BCUT2D eigenvalue weighted by atomic mass is 10.2. The van der Waals surface area contributed by atoms with Crippen molar-refractivity contribution in [2.24, 2.45) is 0 Å². The molecule has 0 fully saturated rings. The lowest BCUT2D eigenvalue weighted by Gasteiger charge is -2.12. The Morgan fingerprint density at radius 1 is 1.18 bits per heavy atom. The molecule has 4 nitrogen and oxygen atoms in total. The standard InChI is InChI=1S/C20H16ClF2NO3S/c1-12-2-7-16(17(8-12)27-20(22)23)24-19(25)18-9-13(11-28-18)10-26-15-5-3-14(21)4-6-15/h2-9,11,20H,10H2,1H3,(H,24,25). The summed E-state index contributed by atoms with van der Waals surface area (Å²) in [6.45, 7) is -0.943. The quantitative estimate of drug-likeness (QED) is 0.496. The van der Waals surface area contributed by atoms with Crippen molar-refractivity contribution in [3.05, 3.63) is 74.9 Å². The number of carbonyl (C=O) groups is 1. The molecule has 0 aliphatic carbocycles. The van der Waals surface area contributed by atoms with Crippen LogP contribution >= 0.6 is 22.9 Å². The maximum atomic E-state index is 12.6. The molecule has 0 radical (unpaired) electrons. The van der Waals surface area contributed by atoms with Crippen molar-refractivity contribution in [2.45, 2.75) is 20.1 Å². The lowest BCUT2D eigenvalue weighted by molar-refractivity contribution is -0.0494. The molecule has 2 aromatic carbocycles. The van der Waals surface area contributed by atoms with E-state index in [1.54, 1.807) is 48.7 Å². The van der Waals surface area contributed by atoms with Crippen molar-refractivity contribution in [3.63, 3.8) is 0 Å². The van der Waals surface area contributed by atoms with Gasteiger partial charge in [0.2, 0.25) is 0 Å². The minimum absolute atomic E-state index is 0.0776. The van der Waals surface area contributed by atoms with Crippen molar-refractivity contribution < 1.29 is 23.0 Å². The van der Waals surface area contributed by atoms with E-state index in [0.29, 0.717) is 15.6 Å². The first-order valence-electron chi connectivity index (χ1n) is 8.23. The zero-order valence-electron chi connectivity index (χ0n) is 14.7. The highest BCUT2D eigenvalue weighted by atomic mass is 35.5. The third kappa shape index (κ3) is 5.43. The number of hydrogen-bond acceptors (Lipinski definition) is 4. The summed E-state index contributed by atoms with van der Waals surface area (Å²) in [5, 5.41) is 5.03. The van der Waals surface area contributed by atoms with E-state index >= 15 is 0 Å². The maximum absolute atomic E-state index is 12.6. The second kappa shape index (κ2) is 9.03. The average molecular weight is 424 g/mol. The summed E-state index contributed by atoms with van der Waals surface area (Å²) in [7, 11) is 0. The van der Waals surface area contributed by atoms with E-state index in [4.69, 9.17) is 16.3 Å². The van der Waals surface area contributed by atoms with Gasteiger partial charge in [-0.2, -0.15) is 8.78 Å². The molecular formula is C20H16ClF2NO3S. The minimum atomic E-state index is -2.98. The van der Waals surface area contributed by atoms with Gasteiger partial charge in [-0.3, -0.25) is 4.79 Å². The van der Waals surface area contributed by atoms with Crippen molar-refractivity contribution >= 4 is 34.5 Å². The number of nitrogens with one attached hydrogen (secondary N) is 1. The van der Waals surface area contributed by atoms with Crippen LogP contribution in [0.15, 0.2) is 53.9 Å². The topological polar surface area (TPSA) is 47.6 Å². The highest BCUT2D eigenvalue weighted by Gasteiger charge is 2.15. The Kier molecular flexibility index (Phi) is 6.49. The van der Waals surface area contributed by atoms with Gasteiger partial charge >= 0.3 is 6.61 Å². The number of hydrogen-bond donors (Lipinski definition) is 1. The van der Waals surface area contributed by atoms with Crippen LogP contribution in [0.5, 0.6) is 11.5 Å². The molecule has 0 aliphatic rings. The molecule has 28 heavy (non-hydrogen) atoms. The summed E-state index contributed by atoms with van der Waals surface area (Å²) in [5.74, 6) is 0.173. The van der Waals surface area contributed by atoms with Gasteiger partial charge < -0.3 is 14.8 Å². The zero-order chi connectivity index (χ0) is 20.1. The number of anilines is 1. The number of rotatable bonds is 7. The molecule has 3 aromatic rings. The summed E-state index contributed by atoms with van der Waals surface area (Å²) in [6, 6.07) is 13.3. The van der Waals surface area contributed by atoms with Gasteiger partial charge in [0.25, 0.3) is 5.91 Å².